The Labute approximate surface area is 197 Å². The smallest absolute Gasteiger partial charge is 0.337 e. The predicted octanol–water partition coefficient (Wildman–Crippen LogP) is 4.08. The van der Waals surface area contributed by atoms with Crippen LogP contribution in [-0.4, -0.2) is 42.8 Å². The number of aromatic nitrogens is 6. The SMILES string of the molecule is COC(=O)c1ccc2c(=O)[nH]c(CSc3nnc(-c4c[nH]c5ccccc45)n3C3CC3)nc2c1. The number of hydrogen-bond donors (Lipinski definition) is 2. The number of nitrogens with zero attached hydrogens (tertiary/aromatic N) is 4. The minimum absolute atomic E-state index is 0.250. The third-order valence-electron chi connectivity index (χ3n) is 5.92. The molecule has 5 aromatic rings. The number of esters is 1. The summed E-state index contributed by atoms with van der Waals surface area (Å²) in [7, 11) is 1.32. The van der Waals surface area contributed by atoms with Crippen molar-refractivity contribution in [3.05, 3.63) is 70.4 Å². The molecule has 170 valence electrons. The highest BCUT2D eigenvalue weighted by molar-refractivity contribution is 7.98. The van der Waals surface area contributed by atoms with Crippen LogP contribution in [0.25, 0.3) is 33.2 Å². The van der Waals surface area contributed by atoms with Crippen LogP contribution in [-0.2, 0) is 10.5 Å². The Kier molecular flexibility index (Phi) is 4.95. The summed E-state index contributed by atoms with van der Waals surface area (Å²) in [5, 5.41) is 11.3. The van der Waals surface area contributed by atoms with Gasteiger partial charge in [-0.1, -0.05) is 30.0 Å². The summed E-state index contributed by atoms with van der Waals surface area (Å²) in [6, 6.07) is 13.2. The highest BCUT2D eigenvalue weighted by Gasteiger charge is 2.31. The van der Waals surface area contributed by atoms with Crippen molar-refractivity contribution >= 4 is 39.5 Å². The summed E-state index contributed by atoms with van der Waals surface area (Å²) in [4.78, 5) is 35.2. The standard InChI is InChI=1S/C24H20N6O3S/c1-33-23(32)13-6-9-16-19(10-13)26-20(27-22(16)31)12-34-24-29-28-21(30(24)14-7-8-14)17-11-25-18-5-3-2-4-15(17)18/h2-6,9-11,14,25H,7-8,12H2,1H3,(H,26,27,31). The molecule has 0 radical (unpaired) electrons. The van der Waals surface area contributed by atoms with E-state index in [2.05, 4.69) is 35.8 Å². The lowest BCUT2D eigenvalue weighted by molar-refractivity contribution is 0.0601. The molecule has 9 nitrogen and oxygen atoms in total. The molecule has 0 spiro atoms. The van der Waals surface area contributed by atoms with Crippen LogP contribution in [0, 0.1) is 0 Å². The molecule has 1 aliphatic rings. The van der Waals surface area contributed by atoms with Crippen LogP contribution in [0.3, 0.4) is 0 Å². The second kappa shape index (κ2) is 8.14. The lowest BCUT2D eigenvalue weighted by Gasteiger charge is -2.08. The van der Waals surface area contributed by atoms with Gasteiger partial charge in [-0.3, -0.25) is 9.36 Å². The molecule has 0 amide bonds. The molecular formula is C24H20N6O3S. The first-order valence-corrected chi connectivity index (χ1v) is 11.9. The Balaban J connectivity index is 1.33. The second-order valence-corrected chi connectivity index (χ2v) is 9.12. The van der Waals surface area contributed by atoms with Crippen molar-refractivity contribution in [1.82, 2.24) is 29.7 Å². The molecule has 10 heteroatoms. The molecule has 34 heavy (non-hydrogen) atoms. The van der Waals surface area contributed by atoms with Crippen molar-refractivity contribution in [2.45, 2.75) is 29.8 Å². The molecule has 0 aliphatic heterocycles. The molecule has 0 saturated heterocycles. The number of aromatic amines is 2. The quantitative estimate of drug-likeness (QED) is 0.282. The minimum atomic E-state index is -0.470. The topological polar surface area (TPSA) is 119 Å². The van der Waals surface area contributed by atoms with Crippen LogP contribution in [0.5, 0.6) is 0 Å². The zero-order chi connectivity index (χ0) is 23.2. The third-order valence-corrected chi connectivity index (χ3v) is 6.88. The van der Waals surface area contributed by atoms with Crippen molar-refractivity contribution in [3.63, 3.8) is 0 Å². The van der Waals surface area contributed by atoms with Gasteiger partial charge in [-0.15, -0.1) is 10.2 Å². The first kappa shape index (κ1) is 20.7. The molecule has 0 bridgehead atoms. The van der Waals surface area contributed by atoms with Gasteiger partial charge in [0, 0.05) is 28.7 Å². The van der Waals surface area contributed by atoms with Gasteiger partial charge in [0.05, 0.1) is 29.3 Å². The average molecular weight is 473 g/mol. The third kappa shape index (κ3) is 3.56. The summed E-state index contributed by atoms with van der Waals surface area (Å²) in [5.74, 6) is 1.28. The van der Waals surface area contributed by atoms with E-state index in [0.717, 1.165) is 40.3 Å². The minimum Gasteiger partial charge on any atom is -0.465 e. The maximum atomic E-state index is 12.6. The number of H-pyrrole nitrogens is 2. The number of carbonyl (C=O) groups excluding carboxylic acids is 1. The highest BCUT2D eigenvalue weighted by atomic mass is 32.2. The Morgan fingerprint density at radius 3 is 2.85 bits per heavy atom. The van der Waals surface area contributed by atoms with Crippen molar-refractivity contribution in [1.29, 1.82) is 0 Å². The molecule has 0 atom stereocenters. The number of methoxy groups -OCH3 is 1. The van der Waals surface area contributed by atoms with Crippen molar-refractivity contribution in [3.8, 4) is 11.4 Å². The van der Waals surface area contributed by atoms with Gasteiger partial charge in [-0.25, -0.2) is 9.78 Å². The number of nitrogens with one attached hydrogen (secondary N) is 2. The number of thioether (sulfide) groups is 1. The molecule has 3 heterocycles. The molecule has 2 aromatic carbocycles. The Morgan fingerprint density at radius 1 is 1.18 bits per heavy atom. The largest absolute Gasteiger partial charge is 0.465 e. The van der Waals surface area contributed by atoms with Crippen molar-refractivity contribution in [2.75, 3.05) is 7.11 Å². The number of hydrogen-bond acceptors (Lipinski definition) is 7. The van der Waals surface area contributed by atoms with E-state index in [9.17, 15) is 9.59 Å². The number of rotatable bonds is 6. The van der Waals surface area contributed by atoms with Gasteiger partial charge in [-0.05, 0) is 37.1 Å². The zero-order valence-electron chi connectivity index (χ0n) is 18.2. The zero-order valence-corrected chi connectivity index (χ0v) is 19.1. The van der Waals surface area contributed by atoms with Crippen LogP contribution in [0.1, 0.15) is 35.1 Å². The Bertz CT molecular complexity index is 1610. The molecule has 6 rings (SSSR count). The lowest BCUT2D eigenvalue weighted by Crippen LogP contribution is -2.12. The van der Waals surface area contributed by atoms with E-state index in [0.29, 0.717) is 34.1 Å². The second-order valence-electron chi connectivity index (χ2n) is 8.18. The summed E-state index contributed by atoms with van der Waals surface area (Å²) < 4.78 is 6.96. The normalized spacial score (nSPS) is 13.6. The van der Waals surface area contributed by atoms with Crippen LogP contribution < -0.4 is 5.56 Å². The maximum Gasteiger partial charge on any atom is 0.337 e. The number of ether oxygens (including phenoxy) is 1. The highest BCUT2D eigenvalue weighted by Crippen LogP contribution is 2.42. The van der Waals surface area contributed by atoms with E-state index in [-0.39, 0.29) is 5.56 Å². The molecule has 3 aromatic heterocycles. The van der Waals surface area contributed by atoms with Crippen LogP contribution in [0.15, 0.2) is 58.6 Å². The van der Waals surface area contributed by atoms with E-state index < -0.39 is 5.97 Å². The molecule has 1 fully saturated rings. The molecule has 0 unspecified atom stereocenters. The van der Waals surface area contributed by atoms with Gasteiger partial charge in [0.2, 0.25) is 0 Å². The molecule has 2 N–H and O–H groups in total. The predicted molar refractivity (Wildman–Crippen MR) is 129 cm³/mol. The first-order valence-electron chi connectivity index (χ1n) is 10.9. The number of para-hydroxylation sites is 1. The van der Waals surface area contributed by atoms with Crippen molar-refractivity contribution < 1.29 is 9.53 Å². The summed E-state index contributed by atoms with van der Waals surface area (Å²) in [6.45, 7) is 0. The van der Waals surface area contributed by atoms with Gasteiger partial charge >= 0.3 is 5.97 Å². The van der Waals surface area contributed by atoms with Gasteiger partial charge in [-0.2, -0.15) is 0 Å². The van der Waals surface area contributed by atoms with E-state index in [1.165, 1.54) is 18.9 Å². The van der Waals surface area contributed by atoms with E-state index >= 15 is 0 Å². The van der Waals surface area contributed by atoms with Gasteiger partial charge in [0.15, 0.2) is 11.0 Å². The maximum absolute atomic E-state index is 12.6. The summed E-state index contributed by atoms with van der Waals surface area (Å²) >= 11 is 1.48. The van der Waals surface area contributed by atoms with Crippen LogP contribution in [0.4, 0.5) is 0 Å². The van der Waals surface area contributed by atoms with Gasteiger partial charge in [0.1, 0.15) is 5.82 Å². The fourth-order valence-electron chi connectivity index (χ4n) is 4.11. The number of benzene rings is 2. The Hall–Kier alpha value is -3.92. The molecule has 1 aliphatic carbocycles. The molecular weight excluding hydrogens is 452 g/mol. The van der Waals surface area contributed by atoms with Gasteiger partial charge < -0.3 is 14.7 Å². The first-order chi connectivity index (χ1) is 16.6. The van der Waals surface area contributed by atoms with Crippen LogP contribution in [0.2, 0.25) is 0 Å². The fourth-order valence-corrected chi connectivity index (χ4v) is 4.99. The van der Waals surface area contributed by atoms with E-state index in [1.54, 1.807) is 18.2 Å². The summed E-state index contributed by atoms with van der Waals surface area (Å²) in [5.41, 5.74) is 2.63. The molecule has 1 saturated carbocycles. The Morgan fingerprint density at radius 2 is 2.03 bits per heavy atom. The van der Waals surface area contributed by atoms with Crippen molar-refractivity contribution in [2.24, 2.45) is 0 Å². The number of carbonyl (C=O) groups is 1. The monoisotopic (exact) mass is 472 g/mol. The van der Waals surface area contributed by atoms with E-state index in [1.807, 2.05) is 24.4 Å². The van der Waals surface area contributed by atoms with E-state index in [4.69, 9.17) is 4.74 Å². The number of fused-ring (bicyclic) bond motifs is 2. The summed E-state index contributed by atoms with van der Waals surface area (Å²) in [6.07, 6.45) is 4.15. The van der Waals surface area contributed by atoms with Gasteiger partial charge in [0.25, 0.3) is 5.56 Å². The lowest BCUT2D eigenvalue weighted by atomic mass is 10.1. The average Bonchev–Trinajstić information content (AvgIpc) is 3.47. The fraction of sp³-hybridized carbons (Fsp3) is 0.208. The van der Waals surface area contributed by atoms with Crippen LogP contribution >= 0.6 is 11.8 Å².